The number of hydrogen-bond acceptors (Lipinski definition) is 4. The van der Waals surface area contributed by atoms with Gasteiger partial charge in [-0.25, -0.2) is 0 Å². The fourth-order valence-corrected chi connectivity index (χ4v) is 1.03. The van der Waals surface area contributed by atoms with Gasteiger partial charge in [0.2, 0.25) is 0 Å². The van der Waals surface area contributed by atoms with Gasteiger partial charge in [0.15, 0.2) is 6.29 Å². The molecule has 0 amide bonds. The second-order valence-electron chi connectivity index (χ2n) is 2.82. The molecule has 0 aliphatic rings. The van der Waals surface area contributed by atoms with Crippen LogP contribution in [0.5, 0.6) is 5.75 Å². The average Bonchev–Trinajstić information content (AvgIpc) is 2.31. The second-order valence-corrected chi connectivity index (χ2v) is 2.82. The van der Waals surface area contributed by atoms with E-state index in [0.29, 0.717) is 0 Å². The highest BCUT2D eigenvalue weighted by Crippen LogP contribution is 2.17. The van der Waals surface area contributed by atoms with Crippen molar-refractivity contribution in [3.8, 4) is 5.75 Å². The second kappa shape index (κ2) is 6.16. The van der Waals surface area contributed by atoms with E-state index in [2.05, 4.69) is 4.99 Å². The molecular formula is C11H15NO3. The summed E-state index contributed by atoms with van der Waals surface area (Å²) in [5.41, 5.74) is 0.829. The third kappa shape index (κ3) is 3.69. The maximum atomic E-state index is 5.04. The van der Waals surface area contributed by atoms with Crippen molar-refractivity contribution < 1.29 is 14.2 Å². The molecule has 0 aromatic heterocycles. The number of ether oxygens (including phenoxy) is 3. The largest absolute Gasteiger partial charge is 0.497 e. The molecule has 0 radical (unpaired) electrons. The monoisotopic (exact) mass is 209 g/mol. The molecule has 15 heavy (non-hydrogen) atoms. The zero-order chi connectivity index (χ0) is 11.1. The Morgan fingerprint density at radius 1 is 1.07 bits per heavy atom. The smallest absolute Gasteiger partial charge is 0.193 e. The van der Waals surface area contributed by atoms with Crippen molar-refractivity contribution in [2.45, 2.75) is 6.29 Å². The summed E-state index contributed by atoms with van der Waals surface area (Å²) in [6.45, 7) is 0. The molecule has 0 atom stereocenters. The van der Waals surface area contributed by atoms with Crippen molar-refractivity contribution >= 4 is 11.9 Å². The van der Waals surface area contributed by atoms with Gasteiger partial charge in [-0.1, -0.05) is 0 Å². The molecule has 4 nitrogen and oxygen atoms in total. The van der Waals surface area contributed by atoms with Crippen LogP contribution in [0, 0.1) is 0 Å². The first-order chi connectivity index (χ1) is 7.30. The van der Waals surface area contributed by atoms with Crippen molar-refractivity contribution in [3.05, 3.63) is 24.3 Å². The predicted molar refractivity (Wildman–Crippen MR) is 59.0 cm³/mol. The first-order valence-electron chi connectivity index (χ1n) is 4.54. The Bertz CT molecular complexity index is 304. The summed E-state index contributed by atoms with van der Waals surface area (Å²) in [6, 6.07) is 7.41. The maximum Gasteiger partial charge on any atom is 0.193 e. The van der Waals surface area contributed by atoms with Crippen molar-refractivity contribution in [2.24, 2.45) is 4.99 Å². The summed E-state index contributed by atoms with van der Waals surface area (Å²) in [5, 5.41) is 0. The molecule has 1 aromatic rings. The summed E-state index contributed by atoms with van der Waals surface area (Å²) >= 11 is 0. The van der Waals surface area contributed by atoms with Gasteiger partial charge >= 0.3 is 0 Å². The van der Waals surface area contributed by atoms with Gasteiger partial charge in [0.25, 0.3) is 0 Å². The standard InChI is InChI=1S/C11H15NO3/c1-13-10-6-4-9(5-7-10)12-8-11(14-2)15-3/h4-8,11H,1-3H3. The Labute approximate surface area is 89.5 Å². The van der Waals surface area contributed by atoms with E-state index in [1.54, 1.807) is 27.5 Å². The highest BCUT2D eigenvalue weighted by Gasteiger charge is 1.98. The van der Waals surface area contributed by atoms with Crippen molar-refractivity contribution in [1.29, 1.82) is 0 Å². The summed E-state index contributed by atoms with van der Waals surface area (Å²) in [5.74, 6) is 0.809. The molecule has 0 heterocycles. The molecule has 0 saturated heterocycles. The van der Waals surface area contributed by atoms with Gasteiger partial charge in [-0.15, -0.1) is 0 Å². The van der Waals surface area contributed by atoms with E-state index in [4.69, 9.17) is 14.2 Å². The molecule has 4 heteroatoms. The molecule has 0 aliphatic carbocycles. The Kier molecular flexibility index (Phi) is 4.80. The zero-order valence-corrected chi connectivity index (χ0v) is 9.14. The third-order valence-electron chi connectivity index (χ3n) is 1.88. The molecule has 1 rings (SSSR count). The summed E-state index contributed by atoms with van der Waals surface area (Å²) in [7, 11) is 4.76. The number of rotatable bonds is 5. The number of hydrogen-bond donors (Lipinski definition) is 0. The molecule has 0 aliphatic heterocycles. The molecule has 82 valence electrons. The van der Waals surface area contributed by atoms with Crippen LogP contribution in [0.2, 0.25) is 0 Å². The van der Waals surface area contributed by atoms with Crippen LogP contribution in [0.25, 0.3) is 0 Å². The minimum Gasteiger partial charge on any atom is -0.497 e. The van der Waals surface area contributed by atoms with E-state index in [1.165, 1.54) is 0 Å². The van der Waals surface area contributed by atoms with E-state index in [9.17, 15) is 0 Å². The van der Waals surface area contributed by atoms with Crippen molar-refractivity contribution in [1.82, 2.24) is 0 Å². The molecule has 0 saturated carbocycles. The first kappa shape index (κ1) is 11.7. The van der Waals surface area contributed by atoms with E-state index in [0.717, 1.165) is 11.4 Å². The molecule has 0 unspecified atom stereocenters. The summed E-state index contributed by atoms with van der Waals surface area (Å²) in [6.07, 6.45) is 1.19. The minimum atomic E-state index is -0.410. The number of benzene rings is 1. The van der Waals surface area contributed by atoms with Gasteiger partial charge in [-0.3, -0.25) is 4.99 Å². The van der Waals surface area contributed by atoms with E-state index < -0.39 is 6.29 Å². The summed E-state index contributed by atoms with van der Waals surface area (Å²) < 4.78 is 15.0. The highest BCUT2D eigenvalue weighted by atomic mass is 16.7. The van der Waals surface area contributed by atoms with Crippen LogP contribution in [-0.2, 0) is 9.47 Å². The molecule has 0 spiro atoms. The van der Waals surface area contributed by atoms with Gasteiger partial charge in [0.1, 0.15) is 5.75 Å². The van der Waals surface area contributed by atoms with Crippen LogP contribution in [0.1, 0.15) is 0 Å². The lowest BCUT2D eigenvalue weighted by Crippen LogP contribution is -2.13. The predicted octanol–water partition coefficient (Wildman–Crippen LogP) is 2.02. The lowest BCUT2D eigenvalue weighted by molar-refractivity contribution is -0.0483. The van der Waals surface area contributed by atoms with Gasteiger partial charge in [0, 0.05) is 14.2 Å². The van der Waals surface area contributed by atoms with Crippen molar-refractivity contribution in [2.75, 3.05) is 21.3 Å². The topological polar surface area (TPSA) is 40.0 Å². The molecular weight excluding hydrogens is 194 g/mol. The highest BCUT2D eigenvalue weighted by molar-refractivity contribution is 5.66. The van der Waals surface area contributed by atoms with Crippen molar-refractivity contribution in [3.63, 3.8) is 0 Å². The number of methoxy groups -OCH3 is 3. The van der Waals surface area contributed by atoms with E-state index in [1.807, 2.05) is 24.3 Å². The quantitative estimate of drug-likeness (QED) is 0.550. The van der Waals surface area contributed by atoms with Gasteiger partial charge < -0.3 is 14.2 Å². The first-order valence-corrected chi connectivity index (χ1v) is 4.54. The normalized spacial score (nSPS) is 11.2. The number of nitrogens with zero attached hydrogens (tertiary/aromatic N) is 1. The van der Waals surface area contributed by atoms with Crippen LogP contribution in [-0.4, -0.2) is 33.8 Å². The lowest BCUT2D eigenvalue weighted by Gasteiger charge is -2.06. The average molecular weight is 209 g/mol. The summed E-state index contributed by atoms with van der Waals surface area (Å²) in [4.78, 5) is 4.19. The maximum absolute atomic E-state index is 5.04. The Balaban J connectivity index is 2.63. The fraction of sp³-hybridized carbons (Fsp3) is 0.364. The third-order valence-corrected chi connectivity index (χ3v) is 1.88. The molecule has 0 bridgehead atoms. The van der Waals surface area contributed by atoms with Gasteiger partial charge in [-0.2, -0.15) is 0 Å². The Morgan fingerprint density at radius 2 is 1.67 bits per heavy atom. The molecule has 0 N–H and O–H groups in total. The SMILES string of the molecule is COc1ccc(N=CC(OC)OC)cc1. The van der Waals surface area contributed by atoms with Crippen LogP contribution in [0.3, 0.4) is 0 Å². The Morgan fingerprint density at radius 3 is 2.13 bits per heavy atom. The zero-order valence-electron chi connectivity index (χ0n) is 9.14. The van der Waals surface area contributed by atoms with Gasteiger partial charge in [-0.05, 0) is 24.3 Å². The molecule has 0 fully saturated rings. The van der Waals surface area contributed by atoms with E-state index >= 15 is 0 Å². The van der Waals surface area contributed by atoms with Crippen LogP contribution >= 0.6 is 0 Å². The number of aliphatic imine (C=N–C) groups is 1. The van der Waals surface area contributed by atoms with E-state index in [-0.39, 0.29) is 0 Å². The fourth-order valence-electron chi connectivity index (χ4n) is 1.03. The van der Waals surface area contributed by atoms with Crippen LogP contribution < -0.4 is 4.74 Å². The lowest BCUT2D eigenvalue weighted by atomic mass is 10.3. The minimum absolute atomic E-state index is 0.410. The Hall–Kier alpha value is -1.39. The van der Waals surface area contributed by atoms with Gasteiger partial charge in [0.05, 0.1) is 19.0 Å². The molecule has 1 aromatic carbocycles. The van der Waals surface area contributed by atoms with Crippen LogP contribution in [0.15, 0.2) is 29.3 Å². The van der Waals surface area contributed by atoms with Crippen LogP contribution in [0.4, 0.5) is 5.69 Å².